The maximum Gasteiger partial charge on any atom is 0.126 e. The molecule has 1 fully saturated rings. The maximum absolute atomic E-state index is 5.21. The summed E-state index contributed by atoms with van der Waals surface area (Å²) in [5.74, 6) is 0.902. The topological polar surface area (TPSA) is 21.8 Å². The first-order valence-corrected chi connectivity index (χ1v) is 4.33. The fourth-order valence-electron chi connectivity index (χ4n) is 1.18. The molecule has 0 bridgehead atoms. The summed E-state index contributed by atoms with van der Waals surface area (Å²) in [4.78, 5) is 0. The molecule has 1 aliphatic heterocycles. The highest BCUT2D eigenvalue weighted by Crippen LogP contribution is 2.20. The number of ether oxygens (including phenoxy) is 2. The summed E-state index contributed by atoms with van der Waals surface area (Å²) in [7, 11) is 1.68. The van der Waals surface area contributed by atoms with E-state index in [1.807, 2.05) is 30.3 Å². The average molecular weight is 176 g/mol. The predicted octanol–water partition coefficient (Wildman–Crippen LogP) is 2.11. The maximum atomic E-state index is 5.21. The van der Waals surface area contributed by atoms with Gasteiger partial charge in [-0.3, -0.25) is 0 Å². The number of epoxide rings is 1. The smallest absolute Gasteiger partial charge is 0.126 e. The van der Waals surface area contributed by atoms with Crippen LogP contribution in [-0.2, 0) is 4.74 Å². The second kappa shape index (κ2) is 3.62. The molecule has 2 heteroatoms. The van der Waals surface area contributed by atoms with Gasteiger partial charge in [0, 0.05) is 5.56 Å². The zero-order chi connectivity index (χ0) is 9.10. The Hall–Kier alpha value is -1.28. The van der Waals surface area contributed by atoms with E-state index in [9.17, 15) is 0 Å². The van der Waals surface area contributed by atoms with Crippen LogP contribution in [0.3, 0.4) is 0 Å². The van der Waals surface area contributed by atoms with Crippen molar-refractivity contribution in [3.8, 4) is 5.75 Å². The van der Waals surface area contributed by atoms with Crippen LogP contribution in [0.5, 0.6) is 5.75 Å². The van der Waals surface area contributed by atoms with Gasteiger partial charge in [-0.1, -0.05) is 30.4 Å². The van der Waals surface area contributed by atoms with Crippen LogP contribution in [0, 0.1) is 0 Å². The lowest BCUT2D eigenvalue weighted by Crippen LogP contribution is -1.86. The SMILES string of the molecule is COc1ccccc1/C=C/C1CO1. The number of hydrogen-bond acceptors (Lipinski definition) is 2. The van der Waals surface area contributed by atoms with Crippen molar-refractivity contribution in [2.45, 2.75) is 6.10 Å². The van der Waals surface area contributed by atoms with E-state index in [-0.39, 0.29) is 0 Å². The van der Waals surface area contributed by atoms with Crippen LogP contribution >= 0.6 is 0 Å². The molecule has 2 rings (SSSR count). The van der Waals surface area contributed by atoms with Crippen molar-refractivity contribution in [3.63, 3.8) is 0 Å². The normalized spacial score (nSPS) is 20.5. The van der Waals surface area contributed by atoms with Gasteiger partial charge in [0.25, 0.3) is 0 Å². The molecule has 0 spiro atoms. The Balaban J connectivity index is 2.17. The Morgan fingerprint density at radius 2 is 2.23 bits per heavy atom. The molecule has 1 heterocycles. The molecule has 1 aliphatic rings. The molecular formula is C11H12O2. The van der Waals surface area contributed by atoms with Gasteiger partial charge in [0.05, 0.1) is 19.8 Å². The molecule has 0 N–H and O–H groups in total. The van der Waals surface area contributed by atoms with Gasteiger partial charge in [-0.15, -0.1) is 0 Å². The van der Waals surface area contributed by atoms with E-state index in [4.69, 9.17) is 9.47 Å². The van der Waals surface area contributed by atoms with E-state index in [2.05, 4.69) is 6.08 Å². The third-order valence-electron chi connectivity index (χ3n) is 1.99. The Morgan fingerprint density at radius 3 is 2.92 bits per heavy atom. The Labute approximate surface area is 77.8 Å². The van der Waals surface area contributed by atoms with E-state index in [1.165, 1.54) is 0 Å². The van der Waals surface area contributed by atoms with Gasteiger partial charge in [-0.05, 0) is 6.07 Å². The molecule has 1 aromatic carbocycles. The first kappa shape index (κ1) is 8.32. The van der Waals surface area contributed by atoms with Crippen molar-refractivity contribution in [1.29, 1.82) is 0 Å². The van der Waals surface area contributed by atoms with E-state index >= 15 is 0 Å². The monoisotopic (exact) mass is 176 g/mol. The zero-order valence-electron chi connectivity index (χ0n) is 7.57. The third-order valence-corrected chi connectivity index (χ3v) is 1.99. The highest BCUT2D eigenvalue weighted by molar-refractivity contribution is 5.57. The van der Waals surface area contributed by atoms with Gasteiger partial charge in [0.1, 0.15) is 5.75 Å². The van der Waals surface area contributed by atoms with E-state index < -0.39 is 0 Å². The van der Waals surface area contributed by atoms with Crippen LogP contribution in [0.15, 0.2) is 30.3 Å². The van der Waals surface area contributed by atoms with Crippen LogP contribution in [0.1, 0.15) is 5.56 Å². The summed E-state index contributed by atoms with van der Waals surface area (Å²) in [6.07, 6.45) is 4.42. The fourth-order valence-corrected chi connectivity index (χ4v) is 1.18. The minimum Gasteiger partial charge on any atom is -0.496 e. The molecule has 1 aromatic rings. The van der Waals surface area contributed by atoms with Crippen LogP contribution in [0.4, 0.5) is 0 Å². The lowest BCUT2D eigenvalue weighted by Gasteiger charge is -2.02. The van der Waals surface area contributed by atoms with Gasteiger partial charge in [-0.2, -0.15) is 0 Å². The van der Waals surface area contributed by atoms with Crippen LogP contribution in [0.2, 0.25) is 0 Å². The molecule has 0 radical (unpaired) electrons. The molecule has 0 amide bonds. The van der Waals surface area contributed by atoms with Gasteiger partial charge in [0.2, 0.25) is 0 Å². The Kier molecular flexibility index (Phi) is 2.32. The second-order valence-corrected chi connectivity index (χ2v) is 2.97. The van der Waals surface area contributed by atoms with Crippen molar-refractivity contribution in [2.75, 3.05) is 13.7 Å². The molecule has 0 aromatic heterocycles. The van der Waals surface area contributed by atoms with Crippen molar-refractivity contribution >= 4 is 6.08 Å². The van der Waals surface area contributed by atoms with Gasteiger partial charge in [-0.25, -0.2) is 0 Å². The lowest BCUT2D eigenvalue weighted by molar-refractivity contribution is 0.413. The molecule has 2 nitrogen and oxygen atoms in total. The van der Waals surface area contributed by atoms with Crippen molar-refractivity contribution in [3.05, 3.63) is 35.9 Å². The summed E-state index contributed by atoms with van der Waals surface area (Å²) in [6.45, 7) is 0.853. The van der Waals surface area contributed by atoms with Crippen LogP contribution in [0.25, 0.3) is 6.08 Å². The highest BCUT2D eigenvalue weighted by Gasteiger charge is 2.17. The lowest BCUT2D eigenvalue weighted by atomic mass is 10.2. The van der Waals surface area contributed by atoms with Crippen LogP contribution < -0.4 is 4.74 Å². The number of hydrogen-bond donors (Lipinski definition) is 0. The first-order chi connectivity index (χ1) is 6.40. The molecule has 0 aliphatic carbocycles. The third kappa shape index (κ3) is 2.10. The Morgan fingerprint density at radius 1 is 1.46 bits per heavy atom. The van der Waals surface area contributed by atoms with Crippen LogP contribution in [-0.4, -0.2) is 19.8 Å². The Bertz CT molecular complexity index is 314. The van der Waals surface area contributed by atoms with Crippen molar-refractivity contribution in [1.82, 2.24) is 0 Å². The molecule has 1 saturated heterocycles. The molecule has 1 atom stereocenters. The van der Waals surface area contributed by atoms with Crippen molar-refractivity contribution < 1.29 is 9.47 Å². The zero-order valence-corrected chi connectivity index (χ0v) is 7.57. The number of para-hydroxylation sites is 1. The minimum atomic E-state index is 0.324. The van der Waals surface area contributed by atoms with Gasteiger partial charge in [0.15, 0.2) is 0 Å². The molecule has 68 valence electrons. The first-order valence-electron chi connectivity index (χ1n) is 4.33. The molecule has 0 saturated carbocycles. The number of rotatable bonds is 3. The average Bonchev–Trinajstić information content (AvgIpc) is 2.99. The van der Waals surface area contributed by atoms with E-state index in [1.54, 1.807) is 7.11 Å². The summed E-state index contributed by atoms with van der Waals surface area (Å²) >= 11 is 0. The second-order valence-electron chi connectivity index (χ2n) is 2.97. The molecule has 1 unspecified atom stereocenters. The quantitative estimate of drug-likeness (QED) is 0.658. The van der Waals surface area contributed by atoms with E-state index in [0.29, 0.717) is 6.10 Å². The number of benzene rings is 1. The standard InChI is InChI=1S/C11H12O2/c1-12-11-5-3-2-4-9(11)6-7-10-8-13-10/h2-7,10H,8H2,1H3/b7-6+. The highest BCUT2D eigenvalue weighted by atomic mass is 16.6. The van der Waals surface area contributed by atoms with Crippen molar-refractivity contribution in [2.24, 2.45) is 0 Å². The fraction of sp³-hybridized carbons (Fsp3) is 0.273. The minimum absolute atomic E-state index is 0.324. The molecular weight excluding hydrogens is 164 g/mol. The van der Waals surface area contributed by atoms with E-state index in [0.717, 1.165) is 17.9 Å². The van der Waals surface area contributed by atoms with Gasteiger partial charge < -0.3 is 9.47 Å². The summed E-state index contributed by atoms with van der Waals surface area (Å²) in [5, 5.41) is 0. The van der Waals surface area contributed by atoms with Gasteiger partial charge >= 0.3 is 0 Å². The summed E-state index contributed by atoms with van der Waals surface area (Å²) in [5.41, 5.74) is 1.10. The molecule has 13 heavy (non-hydrogen) atoms. The summed E-state index contributed by atoms with van der Waals surface area (Å²) in [6, 6.07) is 7.94. The summed E-state index contributed by atoms with van der Waals surface area (Å²) < 4.78 is 10.3. The predicted molar refractivity (Wildman–Crippen MR) is 51.8 cm³/mol. The largest absolute Gasteiger partial charge is 0.496 e. The number of methoxy groups -OCH3 is 1.